The Morgan fingerprint density at radius 2 is 2.00 bits per heavy atom. The first kappa shape index (κ1) is 17.6. The van der Waals surface area contributed by atoms with Crippen molar-refractivity contribution >= 4 is 9.84 Å². The van der Waals surface area contributed by atoms with Crippen molar-refractivity contribution in [1.29, 1.82) is 0 Å². The van der Waals surface area contributed by atoms with Gasteiger partial charge in [-0.1, -0.05) is 18.2 Å². The van der Waals surface area contributed by atoms with Crippen LogP contribution in [0.1, 0.15) is 36.3 Å². The van der Waals surface area contributed by atoms with Gasteiger partial charge in [-0.15, -0.1) is 0 Å². The van der Waals surface area contributed by atoms with Crippen LogP contribution in [0.3, 0.4) is 0 Å². The predicted octanol–water partition coefficient (Wildman–Crippen LogP) is 2.54. The zero-order valence-electron chi connectivity index (χ0n) is 15.2. The second-order valence-corrected chi connectivity index (χ2v) is 9.69. The van der Waals surface area contributed by atoms with Crippen molar-refractivity contribution in [3.05, 3.63) is 53.6 Å². The van der Waals surface area contributed by atoms with Crippen LogP contribution in [0.15, 0.2) is 41.4 Å². The summed E-state index contributed by atoms with van der Waals surface area (Å²) in [5.41, 5.74) is 2.56. The van der Waals surface area contributed by atoms with Gasteiger partial charge < -0.3 is 4.90 Å². The maximum Gasteiger partial charge on any atom is 0.179 e. The first-order valence-electron chi connectivity index (χ1n) is 9.32. The molecule has 6 heteroatoms. The molecule has 0 amide bonds. The Morgan fingerprint density at radius 3 is 2.81 bits per heavy atom. The van der Waals surface area contributed by atoms with Crippen LogP contribution in [0.5, 0.6) is 0 Å². The zero-order valence-corrected chi connectivity index (χ0v) is 16.0. The molecule has 1 saturated heterocycles. The molecule has 1 fully saturated rings. The molecular weight excluding hydrogens is 346 g/mol. The molecule has 2 heterocycles. The third kappa shape index (κ3) is 3.28. The van der Waals surface area contributed by atoms with E-state index in [1.165, 1.54) is 11.3 Å². The Hall–Kier alpha value is -1.79. The van der Waals surface area contributed by atoms with Gasteiger partial charge in [-0.05, 0) is 56.8 Å². The summed E-state index contributed by atoms with van der Waals surface area (Å²) < 4.78 is 25.2. The molecule has 0 radical (unpaired) electrons. The van der Waals surface area contributed by atoms with E-state index in [0.29, 0.717) is 11.4 Å². The third-order valence-corrected chi connectivity index (χ3v) is 7.51. The topological polar surface area (TPSA) is 63.2 Å². The lowest BCUT2D eigenvalue weighted by Crippen LogP contribution is -2.46. The number of fused-ring (bicyclic) bond motifs is 2. The standard InChI is InChI=1S/C20H25N3O2S/c1-16-21-14-17-8-10-20(19(17)22-16)9-5-11-23(15-20)12-13-26(24,25)18-6-3-2-4-7-18/h2-4,6-7,14H,5,8-13,15H2,1H3. The van der Waals surface area contributed by atoms with Gasteiger partial charge in [-0.3, -0.25) is 0 Å². The summed E-state index contributed by atoms with van der Waals surface area (Å²) >= 11 is 0. The van der Waals surface area contributed by atoms with E-state index in [4.69, 9.17) is 4.98 Å². The van der Waals surface area contributed by atoms with Crippen LogP contribution >= 0.6 is 0 Å². The molecule has 1 aromatic carbocycles. The molecule has 1 aliphatic carbocycles. The van der Waals surface area contributed by atoms with Crippen LogP contribution in [-0.2, 0) is 21.7 Å². The van der Waals surface area contributed by atoms with Crippen molar-refractivity contribution in [3.8, 4) is 0 Å². The monoisotopic (exact) mass is 371 g/mol. The van der Waals surface area contributed by atoms with E-state index in [9.17, 15) is 8.42 Å². The minimum atomic E-state index is -3.23. The summed E-state index contributed by atoms with van der Waals surface area (Å²) in [4.78, 5) is 11.8. The van der Waals surface area contributed by atoms with Gasteiger partial charge in [0.1, 0.15) is 5.82 Å². The average molecular weight is 372 g/mol. The van der Waals surface area contributed by atoms with Gasteiger partial charge in [0.25, 0.3) is 0 Å². The van der Waals surface area contributed by atoms with Gasteiger partial charge in [-0.2, -0.15) is 0 Å². The van der Waals surface area contributed by atoms with Crippen LogP contribution in [0, 0.1) is 6.92 Å². The van der Waals surface area contributed by atoms with E-state index in [1.807, 2.05) is 19.2 Å². The normalized spacial score (nSPS) is 23.3. The van der Waals surface area contributed by atoms with Gasteiger partial charge >= 0.3 is 0 Å². The van der Waals surface area contributed by atoms with E-state index in [0.717, 1.165) is 44.6 Å². The molecule has 1 unspecified atom stereocenters. The Balaban J connectivity index is 1.48. The number of sulfone groups is 1. The molecule has 5 nitrogen and oxygen atoms in total. The summed E-state index contributed by atoms with van der Waals surface area (Å²) in [6.07, 6.45) is 6.34. The van der Waals surface area contributed by atoms with Crippen molar-refractivity contribution in [1.82, 2.24) is 14.9 Å². The first-order chi connectivity index (χ1) is 12.5. The van der Waals surface area contributed by atoms with Crippen molar-refractivity contribution in [2.45, 2.75) is 42.9 Å². The molecule has 1 aromatic heterocycles. The number of aromatic nitrogens is 2. The number of rotatable bonds is 4. The number of piperidine rings is 1. The summed E-state index contributed by atoms with van der Waals surface area (Å²) in [7, 11) is -3.23. The minimum Gasteiger partial charge on any atom is -0.301 e. The summed E-state index contributed by atoms with van der Waals surface area (Å²) in [5, 5.41) is 0. The van der Waals surface area contributed by atoms with Gasteiger partial charge in [0, 0.05) is 24.7 Å². The summed E-state index contributed by atoms with van der Waals surface area (Å²) in [6, 6.07) is 8.76. The highest BCUT2D eigenvalue weighted by Gasteiger charge is 2.43. The Kier molecular flexibility index (Phi) is 4.57. The highest BCUT2D eigenvalue weighted by atomic mass is 32.2. The zero-order chi connectivity index (χ0) is 18.2. The number of hydrogen-bond acceptors (Lipinski definition) is 5. The molecule has 0 N–H and O–H groups in total. The Morgan fingerprint density at radius 1 is 1.19 bits per heavy atom. The van der Waals surface area contributed by atoms with Crippen molar-refractivity contribution in [2.24, 2.45) is 0 Å². The lowest BCUT2D eigenvalue weighted by molar-refractivity contribution is 0.150. The van der Waals surface area contributed by atoms with E-state index in [1.54, 1.807) is 24.3 Å². The SMILES string of the molecule is Cc1ncc2c(n1)C1(CCCN(CCS(=O)(=O)c3ccccc3)C1)CC2. The van der Waals surface area contributed by atoms with E-state index >= 15 is 0 Å². The van der Waals surface area contributed by atoms with Crippen molar-refractivity contribution < 1.29 is 8.42 Å². The van der Waals surface area contributed by atoms with Crippen LogP contribution in [0.2, 0.25) is 0 Å². The first-order valence-corrected chi connectivity index (χ1v) is 11.0. The fourth-order valence-electron chi connectivity index (χ4n) is 4.44. The molecule has 4 rings (SSSR count). The molecule has 0 bridgehead atoms. The molecule has 1 atom stereocenters. The van der Waals surface area contributed by atoms with Crippen molar-refractivity contribution in [2.75, 3.05) is 25.4 Å². The molecule has 26 heavy (non-hydrogen) atoms. The average Bonchev–Trinajstić information content (AvgIpc) is 2.98. The molecule has 0 saturated carbocycles. The molecular formula is C20H25N3O2S. The van der Waals surface area contributed by atoms with Crippen LogP contribution < -0.4 is 0 Å². The lowest BCUT2D eigenvalue weighted by Gasteiger charge is -2.40. The number of nitrogens with zero attached hydrogens (tertiary/aromatic N) is 3. The highest BCUT2D eigenvalue weighted by molar-refractivity contribution is 7.91. The largest absolute Gasteiger partial charge is 0.301 e. The maximum absolute atomic E-state index is 12.6. The van der Waals surface area contributed by atoms with Crippen LogP contribution in [0.4, 0.5) is 0 Å². The van der Waals surface area contributed by atoms with E-state index < -0.39 is 9.84 Å². The Labute approximate surface area is 155 Å². The number of likely N-dealkylation sites (tertiary alicyclic amines) is 1. The second kappa shape index (κ2) is 6.74. The van der Waals surface area contributed by atoms with E-state index in [-0.39, 0.29) is 11.2 Å². The van der Waals surface area contributed by atoms with Gasteiger partial charge in [-0.25, -0.2) is 18.4 Å². The molecule has 1 spiro atoms. The quantitative estimate of drug-likeness (QED) is 0.826. The van der Waals surface area contributed by atoms with Gasteiger partial charge in [0.15, 0.2) is 9.84 Å². The van der Waals surface area contributed by atoms with Crippen molar-refractivity contribution in [3.63, 3.8) is 0 Å². The lowest BCUT2D eigenvalue weighted by atomic mass is 9.77. The fraction of sp³-hybridized carbons (Fsp3) is 0.500. The Bertz CT molecular complexity index is 895. The van der Waals surface area contributed by atoms with Gasteiger partial charge in [0.05, 0.1) is 16.3 Å². The second-order valence-electron chi connectivity index (χ2n) is 7.58. The number of aryl methyl sites for hydroxylation is 2. The molecule has 2 aromatic rings. The molecule has 2 aliphatic rings. The van der Waals surface area contributed by atoms with Gasteiger partial charge in [0.2, 0.25) is 0 Å². The number of hydrogen-bond donors (Lipinski definition) is 0. The maximum atomic E-state index is 12.6. The van der Waals surface area contributed by atoms with Crippen LogP contribution in [-0.4, -0.2) is 48.7 Å². The summed E-state index contributed by atoms with van der Waals surface area (Å²) in [6.45, 7) is 4.39. The van der Waals surface area contributed by atoms with E-state index in [2.05, 4.69) is 9.88 Å². The minimum absolute atomic E-state index is 0.0811. The summed E-state index contributed by atoms with van der Waals surface area (Å²) in [5.74, 6) is 0.997. The molecule has 138 valence electrons. The third-order valence-electron chi connectivity index (χ3n) is 5.79. The van der Waals surface area contributed by atoms with Crippen LogP contribution in [0.25, 0.3) is 0 Å². The fourth-order valence-corrected chi connectivity index (χ4v) is 5.75. The number of benzene rings is 1. The smallest absolute Gasteiger partial charge is 0.179 e. The molecule has 1 aliphatic heterocycles. The highest BCUT2D eigenvalue weighted by Crippen LogP contribution is 2.43. The predicted molar refractivity (Wildman–Crippen MR) is 101 cm³/mol.